The van der Waals surface area contributed by atoms with Gasteiger partial charge in [0.25, 0.3) is 5.56 Å². The van der Waals surface area contributed by atoms with Crippen molar-refractivity contribution in [2.75, 3.05) is 5.32 Å². The van der Waals surface area contributed by atoms with Crippen LogP contribution in [0, 0.1) is 11.7 Å². The number of hydrogen-bond donors (Lipinski definition) is 1. The van der Waals surface area contributed by atoms with E-state index in [1.165, 1.54) is 6.07 Å². The highest BCUT2D eigenvalue weighted by atomic mass is 79.9. The molecule has 0 radical (unpaired) electrons. The van der Waals surface area contributed by atoms with Crippen LogP contribution in [0.15, 0.2) is 39.9 Å². The molecular formula is C19H14BrF4N5O3. The zero-order valence-electron chi connectivity index (χ0n) is 16.1. The Bertz CT molecular complexity index is 1230. The smallest absolute Gasteiger partial charge is 0.392 e. The van der Waals surface area contributed by atoms with Gasteiger partial charge < -0.3 is 4.74 Å². The van der Waals surface area contributed by atoms with Crippen molar-refractivity contribution in [1.82, 2.24) is 19.7 Å². The molecular weight excluding hydrogens is 502 g/mol. The van der Waals surface area contributed by atoms with E-state index in [0.29, 0.717) is 9.86 Å². The van der Waals surface area contributed by atoms with E-state index >= 15 is 0 Å². The molecule has 13 heteroatoms. The minimum absolute atomic E-state index is 0.0580. The zero-order valence-corrected chi connectivity index (χ0v) is 17.7. The first-order valence-corrected chi connectivity index (χ1v) is 10.1. The maximum atomic E-state index is 12.9. The van der Waals surface area contributed by atoms with Crippen molar-refractivity contribution in [3.05, 3.63) is 51.2 Å². The molecule has 1 fully saturated rings. The summed E-state index contributed by atoms with van der Waals surface area (Å²) in [6, 6.07) is 4.66. The second kappa shape index (κ2) is 8.45. The van der Waals surface area contributed by atoms with Gasteiger partial charge in [-0.15, -0.1) is 5.10 Å². The van der Waals surface area contributed by atoms with E-state index < -0.39 is 42.0 Å². The topological polar surface area (TPSA) is 99.0 Å². The molecule has 2 aromatic heterocycles. The number of nitrogens with one attached hydrogen (secondary N) is 1. The van der Waals surface area contributed by atoms with Crippen molar-refractivity contribution in [2.45, 2.75) is 31.7 Å². The Balaban J connectivity index is 1.59. The Hall–Kier alpha value is -3.09. The van der Waals surface area contributed by atoms with E-state index in [2.05, 4.69) is 36.3 Å². The van der Waals surface area contributed by atoms with Gasteiger partial charge in [-0.1, -0.05) is 15.9 Å². The van der Waals surface area contributed by atoms with Crippen molar-refractivity contribution in [3.8, 4) is 5.88 Å². The number of halogens is 5. The van der Waals surface area contributed by atoms with Gasteiger partial charge in [0.05, 0.1) is 29.1 Å². The zero-order chi connectivity index (χ0) is 23.0. The van der Waals surface area contributed by atoms with Crippen LogP contribution in [0.5, 0.6) is 5.88 Å². The lowest BCUT2D eigenvalue weighted by atomic mass is 9.82. The molecule has 0 saturated heterocycles. The highest BCUT2D eigenvalue weighted by Crippen LogP contribution is 2.43. The predicted molar refractivity (Wildman–Crippen MR) is 108 cm³/mol. The molecule has 1 N–H and O–H groups in total. The fraction of sp³-hybridized carbons (Fsp3) is 0.316. The van der Waals surface area contributed by atoms with Crippen molar-refractivity contribution >= 4 is 38.6 Å². The summed E-state index contributed by atoms with van der Waals surface area (Å²) in [5.41, 5.74) is -0.600. The van der Waals surface area contributed by atoms with Crippen LogP contribution >= 0.6 is 15.9 Å². The Morgan fingerprint density at radius 1 is 1.22 bits per heavy atom. The molecule has 1 aromatic carbocycles. The fourth-order valence-electron chi connectivity index (χ4n) is 3.19. The molecule has 0 atom stereocenters. The van der Waals surface area contributed by atoms with Gasteiger partial charge in [-0.3, -0.25) is 14.9 Å². The number of alkyl halides is 3. The summed E-state index contributed by atoms with van der Waals surface area (Å²) in [5.74, 6) is -3.07. The Labute approximate surface area is 185 Å². The Morgan fingerprint density at radius 2 is 1.91 bits per heavy atom. The van der Waals surface area contributed by atoms with Gasteiger partial charge in [0.15, 0.2) is 5.82 Å². The number of anilines is 1. The maximum Gasteiger partial charge on any atom is 0.392 e. The van der Waals surface area contributed by atoms with Crippen molar-refractivity contribution in [2.24, 2.45) is 5.92 Å². The number of ether oxygens (including phenoxy) is 1. The molecule has 1 aliphatic rings. The van der Waals surface area contributed by atoms with Crippen LogP contribution in [0.4, 0.5) is 23.5 Å². The number of amides is 1. The van der Waals surface area contributed by atoms with Crippen LogP contribution in [-0.4, -0.2) is 37.9 Å². The quantitative estimate of drug-likeness (QED) is 0.522. The lowest BCUT2D eigenvalue weighted by molar-refractivity contribution is -0.210. The maximum absolute atomic E-state index is 12.9. The van der Waals surface area contributed by atoms with Gasteiger partial charge >= 0.3 is 6.18 Å². The molecule has 1 amide bonds. The predicted octanol–water partition coefficient (Wildman–Crippen LogP) is 3.45. The van der Waals surface area contributed by atoms with Gasteiger partial charge in [-0.2, -0.15) is 13.2 Å². The van der Waals surface area contributed by atoms with E-state index in [1.807, 2.05) is 0 Å². The number of carbonyl (C=O) groups excluding carboxylic acids is 1. The minimum atomic E-state index is -4.29. The first-order chi connectivity index (χ1) is 15.1. The third-order valence-corrected chi connectivity index (χ3v) is 5.38. The molecule has 1 aliphatic carbocycles. The number of nitrogens with zero attached hydrogens (tertiary/aromatic N) is 4. The van der Waals surface area contributed by atoms with Gasteiger partial charge in [-0.05, 0) is 31.0 Å². The summed E-state index contributed by atoms with van der Waals surface area (Å²) in [7, 11) is 0. The molecule has 3 aromatic rings. The van der Waals surface area contributed by atoms with Crippen LogP contribution in [0.3, 0.4) is 0 Å². The Kier molecular flexibility index (Phi) is 5.84. The van der Waals surface area contributed by atoms with Crippen molar-refractivity contribution in [1.29, 1.82) is 0 Å². The summed E-state index contributed by atoms with van der Waals surface area (Å²) in [4.78, 5) is 32.3. The SMILES string of the molecule is O=C(Cn1nc(OC2CC(C(F)(F)F)C2)c2cc(Br)ccc2c1=O)Nc1ncc(F)cn1. The van der Waals surface area contributed by atoms with Gasteiger partial charge in [0.1, 0.15) is 12.6 Å². The monoisotopic (exact) mass is 515 g/mol. The van der Waals surface area contributed by atoms with Crippen molar-refractivity contribution in [3.63, 3.8) is 0 Å². The van der Waals surface area contributed by atoms with Crippen LogP contribution in [0.2, 0.25) is 0 Å². The first-order valence-electron chi connectivity index (χ1n) is 9.31. The molecule has 4 rings (SSSR count). The Morgan fingerprint density at radius 3 is 2.56 bits per heavy atom. The molecule has 1 saturated carbocycles. The summed E-state index contributed by atoms with van der Waals surface area (Å²) >= 11 is 3.28. The lowest BCUT2D eigenvalue weighted by Gasteiger charge is -2.36. The molecule has 168 valence electrons. The van der Waals surface area contributed by atoms with E-state index in [-0.39, 0.29) is 30.1 Å². The molecule has 8 nitrogen and oxygen atoms in total. The standard InChI is InChI=1S/C19H14BrF4N5O3/c20-10-1-2-13-14(5-10)16(32-12-3-9(4-12)19(22,23)24)28-29(17(13)31)8-15(30)27-18-25-6-11(21)7-26-18/h1-2,5-7,9,12H,3-4,8H2,(H,25,26,27,30). The van der Waals surface area contributed by atoms with E-state index in [1.54, 1.807) is 12.1 Å². The third-order valence-electron chi connectivity index (χ3n) is 4.89. The second-order valence-corrected chi connectivity index (χ2v) is 8.10. The van der Waals surface area contributed by atoms with Crippen LogP contribution < -0.4 is 15.6 Å². The largest absolute Gasteiger partial charge is 0.473 e. The molecule has 2 heterocycles. The minimum Gasteiger partial charge on any atom is -0.473 e. The average molecular weight is 516 g/mol. The summed E-state index contributed by atoms with van der Waals surface area (Å²) in [5, 5.41) is 6.85. The van der Waals surface area contributed by atoms with Gasteiger partial charge in [0, 0.05) is 4.47 Å². The van der Waals surface area contributed by atoms with Crippen LogP contribution in [0.1, 0.15) is 12.8 Å². The van der Waals surface area contributed by atoms with Crippen LogP contribution in [0.25, 0.3) is 10.8 Å². The number of carbonyl (C=O) groups is 1. The fourth-order valence-corrected chi connectivity index (χ4v) is 3.55. The molecule has 0 unspecified atom stereocenters. The number of hydrogen-bond acceptors (Lipinski definition) is 6. The average Bonchev–Trinajstić information content (AvgIpc) is 2.68. The van der Waals surface area contributed by atoms with E-state index in [0.717, 1.165) is 17.1 Å². The highest BCUT2D eigenvalue weighted by Gasteiger charge is 2.49. The van der Waals surface area contributed by atoms with Gasteiger partial charge in [-0.25, -0.2) is 19.0 Å². The van der Waals surface area contributed by atoms with Gasteiger partial charge in [0.2, 0.25) is 17.7 Å². The lowest BCUT2D eigenvalue weighted by Crippen LogP contribution is -2.42. The summed E-state index contributed by atoms with van der Waals surface area (Å²) in [6.07, 6.45) is -3.73. The van der Waals surface area contributed by atoms with E-state index in [9.17, 15) is 27.2 Å². The highest BCUT2D eigenvalue weighted by molar-refractivity contribution is 9.10. The molecule has 0 bridgehead atoms. The number of benzene rings is 1. The summed E-state index contributed by atoms with van der Waals surface area (Å²) < 4.78 is 58.4. The number of rotatable bonds is 5. The normalized spacial score (nSPS) is 18.3. The number of aromatic nitrogens is 4. The molecule has 0 spiro atoms. The first kappa shape index (κ1) is 22.1. The number of fused-ring (bicyclic) bond motifs is 1. The molecule has 32 heavy (non-hydrogen) atoms. The van der Waals surface area contributed by atoms with Crippen molar-refractivity contribution < 1.29 is 27.1 Å². The van der Waals surface area contributed by atoms with Crippen LogP contribution in [-0.2, 0) is 11.3 Å². The molecule has 0 aliphatic heterocycles. The summed E-state index contributed by atoms with van der Waals surface area (Å²) in [6.45, 7) is -0.544. The third kappa shape index (κ3) is 4.71. The second-order valence-electron chi connectivity index (χ2n) is 7.18. The van der Waals surface area contributed by atoms with E-state index in [4.69, 9.17) is 4.74 Å².